The van der Waals surface area contributed by atoms with E-state index in [9.17, 15) is 0 Å². The summed E-state index contributed by atoms with van der Waals surface area (Å²) in [6.07, 6.45) is 8.31. The second-order valence-electron chi connectivity index (χ2n) is 3.50. The summed E-state index contributed by atoms with van der Waals surface area (Å²) < 4.78 is 0. The quantitative estimate of drug-likeness (QED) is 0.567. The van der Waals surface area contributed by atoms with Crippen molar-refractivity contribution in [3.05, 3.63) is 41.0 Å². The first-order valence-electron chi connectivity index (χ1n) is 5.62. The second-order valence-corrected chi connectivity index (χ2v) is 3.50. The Morgan fingerprint density at radius 2 is 1.93 bits per heavy atom. The van der Waals surface area contributed by atoms with E-state index in [1.165, 1.54) is 36.0 Å². The molecule has 0 fully saturated rings. The molecule has 0 unspecified atom stereocenters. The molecular formula is C14H20. The summed E-state index contributed by atoms with van der Waals surface area (Å²) in [5.74, 6) is 0. The fourth-order valence-corrected chi connectivity index (χ4v) is 1.72. The third-order valence-corrected chi connectivity index (χ3v) is 2.42. The summed E-state index contributed by atoms with van der Waals surface area (Å²) in [6, 6.07) is 6.75. The van der Waals surface area contributed by atoms with E-state index in [-0.39, 0.29) is 0 Å². The molecule has 0 saturated carbocycles. The van der Waals surface area contributed by atoms with Crippen molar-refractivity contribution in [1.82, 2.24) is 0 Å². The number of fused-ring (bicyclic) bond motifs is 1. The molecule has 1 aliphatic carbocycles. The van der Waals surface area contributed by atoms with Gasteiger partial charge < -0.3 is 0 Å². The predicted molar refractivity (Wildman–Crippen MR) is 64.5 cm³/mol. The van der Waals surface area contributed by atoms with Gasteiger partial charge in [-0.1, -0.05) is 49.8 Å². The molecule has 0 spiro atoms. The van der Waals surface area contributed by atoms with Crippen molar-refractivity contribution in [3.63, 3.8) is 0 Å². The Morgan fingerprint density at radius 3 is 2.71 bits per heavy atom. The number of rotatable bonds is 0. The molecule has 0 saturated heterocycles. The van der Waals surface area contributed by atoms with Gasteiger partial charge in [-0.3, -0.25) is 0 Å². The molecular weight excluding hydrogens is 168 g/mol. The molecule has 0 nitrogen and oxygen atoms in total. The van der Waals surface area contributed by atoms with E-state index in [0.29, 0.717) is 0 Å². The average molecular weight is 188 g/mol. The van der Waals surface area contributed by atoms with Gasteiger partial charge in [0.25, 0.3) is 0 Å². The fraction of sp³-hybridized carbons (Fsp3) is 0.429. The van der Waals surface area contributed by atoms with Crippen LogP contribution < -0.4 is 0 Å². The van der Waals surface area contributed by atoms with Crippen LogP contribution in [0.15, 0.2) is 24.3 Å². The van der Waals surface area contributed by atoms with Gasteiger partial charge in [-0.15, -0.1) is 0 Å². The average Bonchev–Trinajstić information content (AvgIpc) is 2.45. The lowest BCUT2D eigenvalue weighted by molar-refractivity contribution is 0.851. The van der Waals surface area contributed by atoms with E-state index in [4.69, 9.17) is 0 Å². The highest BCUT2D eigenvalue weighted by Crippen LogP contribution is 2.19. The Hall–Kier alpha value is -1.04. The number of hydrogen-bond acceptors (Lipinski definition) is 0. The summed E-state index contributed by atoms with van der Waals surface area (Å²) >= 11 is 0. The van der Waals surface area contributed by atoms with Gasteiger partial charge >= 0.3 is 0 Å². The van der Waals surface area contributed by atoms with Crippen molar-refractivity contribution in [1.29, 1.82) is 0 Å². The highest BCUT2D eigenvalue weighted by atomic mass is 14.1. The molecule has 0 aliphatic heterocycles. The minimum absolute atomic E-state index is 1.23. The van der Waals surface area contributed by atoms with Crippen LogP contribution in [0.1, 0.15) is 43.4 Å². The summed E-state index contributed by atoms with van der Waals surface area (Å²) in [6.45, 7) is 6.15. The maximum atomic E-state index is 2.28. The fourth-order valence-electron chi connectivity index (χ4n) is 1.72. The first-order valence-corrected chi connectivity index (χ1v) is 5.62. The number of hydrogen-bond donors (Lipinski definition) is 0. The predicted octanol–water partition coefficient (Wildman–Crippen LogP) is 4.37. The normalized spacial score (nSPS) is 13.6. The third-order valence-electron chi connectivity index (χ3n) is 2.42. The lowest BCUT2D eigenvalue weighted by atomic mass is 10.0. The molecule has 2 rings (SSSR count). The van der Waals surface area contributed by atoms with Crippen LogP contribution in [0.2, 0.25) is 0 Å². The molecule has 14 heavy (non-hydrogen) atoms. The Balaban J connectivity index is 0.000000461. The maximum Gasteiger partial charge on any atom is -0.0225 e. The van der Waals surface area contributed by atoms with Crippen LogP contribution in [-0.2, 0) is 6.42 Å². The van der Waals surface area contributed by atoms with Gasteiger partial charge in [0.2, 0.25) is 0 Å². The lowest BCUT2D eigenvalue weighted by Gasteiger charge is -2.03. The number of benzene rings is 1. The van der Waals surface area contributed by atoms with Crippen molar-refractivity contribution in [3.8, 4) is 0 Å². The zero-order valence-corrected chi connectivity index (χ0v) is 9.51. The van der Waals surface area contributed by atoms with E-state index in [2.05, 4.69) is 37.3 Å². The van der Waals surface area contributed by atoms with E-state index in [0.717, 1.165) is 0 Å². The minimum Gasteiger partial charge on any atom is -0.0839 e. The molecule has 76 valence electrons. The highest BCUT2D eigenvalue weighted by molar-refractivity contribution is 5.55. The zero-order valence-electron chi connectivity index (χ0n) is 9.51. The molecule has 0 atom stereocenters. The number of allylic oxidation sites excluding steroid dienone is 1. The third kappa shape index (κ3) is 2.73. The van der Waals surface area contributed by atoms with Gasteiger partial charge in [-0.05, 0) is 37.3 Å². The van der Waals surface area contributed by atoms with E-state index in [1.807, 2.05) is 13.8 Å². The number of aryl methyl sites for hydroxylation is 2. The topological polar surface area (TPSA) is 0 Å². The molecule has 0 radical (unpaired) electrons. The first-order chi connectivity index (χ1) is 6.86. The van der Waals surface area contributed by atoms with Crippen LogP contribution in [0.25, 0.3) is 6.08 Å². The zero-order chi connectivity index (χ0) is 10.4. The Bertz CT molecular complexity index is 308. The van der Waals surface area contributed by atoms with Crippen molar-refractivity contribution >= 4 is 6.08 Å². The standard InChI is InChI=1S/C12H14.C2H6/c1-10-7-8-11-5-3-2-4-6-12(11)9-10;1-2/h4,6-9H,2-3,5H2,1H3;1-2H3. The molecule has 1 aromatic rings. The van der Waals surface area contributed by atoms with Crippen LogP contribution in [-0.4, -0.2) is 0 Å². The van der Waals surface area contributed by atoms with E-state index < -0.39 is 0 Å². The largest absolute Gasteiger partial charge is 0.0839 e. The van der Waals surface area contributed by atoms with Crippen LogP contribution in [0, 0.1) is 6.92 Å². The van der Waals surface area contributed by atoms with Gasteiger partial charge in [-0.2, -0.15) is 0 Å². The van der Waals surface area contributed by atoms with Gasteiger partial charge in [-0.25, -0.2) is 0 Å². The molecule has 0 aromatic heterocycles. The first kappa shape index (κ1) is 11.0. The van der Waals surface area contributed by atoms with Crippen LogP contribution >= 0.6 is 0 Å². The molecule has 0 heterocycles. The Morgan fingerprint density at radius 1 is 1.14 bits per heavy atom. The summed E-state index contributed by atoms with van der Waals surface area (Å²) in [7, 11) is 0. The Labute approximate surface area is 87.7 Å². The van der Waals surface area contributed by atoms with Crippen molar-refractivity contribution < 1.29 is 0 Å². The highest BCUT2D eigenvalue weighted by Gasteiger charge is 2.02. The summed E-state index contributed by atoms with van der Waals surface area (Å²) in [5.41, 5.74) is 4.29. The van der Waals surface area contributed by atoms with Crippen molar-refractivity contribution in [2.75, 3.05) is 0 Å². The SMILES string of the molecule is CC.Cc1ccc2c(c1)C=CCCC2. The van der Waals surface area contributed by atoms with Gasteiger partial charge in [0.05, 0.1) is 0 Å². The molecule has 0 bridgehead atoms. The summed E-state index contributed by atoms with van der Waals surface area (Å²) in [4.78, 5) is 0. The molecule has 0 heteroatoms. The van der Waals surface area contributed by atoms with Crippen LogP contribution in [0.5, 0.6) is 0 Å². The summed E-state index contributed by atoms with van der Waals surface area (Å²) in [5, 5.41) is 0. The van der Waals surface area contributed by atoms with Gasteiger partial charge in [0, 0.05) is 0 Å². The van der Waals surface area contributed by atoms with Crippen LogP contribution in [0.4, 0.5) is 0 Å². The molecule has 1 aromatic carbocycles. The van der Waals surface area contributed by atoms with Crippen molar-refractivity contribution in [2.45, 2.75) is 40.0 Å². The lowest BCUT2D eigenvalue weighted by Crippen LogP contribution is -1.87. The van der Waals surface area contributed by atoms with Crippen molar-refractivity contribution in [2.24, 2.45) is 0 Å². The maximum absolute atomic E-state index is 2.28. The van der Waals surface area contributed by atoms with Gasteiger partial charge in [0.15, 0.2) is 0 Å². The molecule has 1 aliphatic rings. The Kier molecular flexibility index (Phi) is 4.45. The van der Waals surface area contributed by atoms with E-state index >= 15 is 0 Å². The molecule has 0 N–H and O–H groups in total. The van der Waals surface area contributed by atoms with Gasteiger partial charge in [0.1, 0.15) is 0 Å². The minimum atomic E-state index is 1.23. The monoisotopic (exact) mass is 188 g/mol. The smallest absolute Gasteiger partial charge is 0.0225 e. The van der Waals surface area contributed by atoms with E-state index in [1.54, 1.807) is 0 Å². The molecule has 0 amide bonds. The second kappa shape index (κ2) is 5.64. The van der Waals surface area contributed by atoms with Crippen LogP contribution in [0.3, 0.4) is 0 Å².